The highest BCUT2D eigenvalue weighted by atomic mass is 127. The molecule has 0 aliphatic carbocycles. The van der Waals surface area contributed by atoms with Crippen molar-refractivity contribution in [3.63, 3.8) is 0 Å². The van der Waals surface area contributed by atoms with Crippen molar-refractivity contribution in [1.82, 2.24) is 15.6 Å². The molecule has 1 aromatic carbocycles. The molecule has 1 atom stereocenters. The van der Waals surface area contributed by atoms with Gasteiger partial charge < -0.3 is 20.1 Å². The van der Waals surface area contributed by atoms with Crippen molar-refractivity contribution in [3.05, 3.63) is 39.3 Å². The molecule has 2 aromatic rings. The van der Waals surface area contributed by atoms with E-state index in [1.807, 2.05) is 6.20 Å². The third kappa shape index (κ3) is 6.47. The van der Waals surface area contributed by atoms with E-state index in [0.29, 0.717) is 6.54 Å². The van der Waals surface area contributed by atoms with Crippen LogP contribution in [-0.2, 0) is 25.8 Å². The van der Waals surface area contributed by atoms with Crippen molar-refractivity contribution < 1.29 is 9.47 Å². The monoisotopic (exact) mass is 530 g/mol. The number of thiazole rings is 1. The zero-order chi connectivity index (χ0) is 19.9. The van der Waals surface area contributed by atoms with Crippen molar-refractivity contribution in [1.29, 1.82) is 0 Å². The summed E-state index contributed by atoms with van der Waals surface area (Å²) < 4.78 is 11.5. The van der Waals surface area contributed by atoms with Crippen LogP contribution >= 0.6 is 35.3 Å². The standard InChI is InChI=1S/C21H30N4O2S.HI/c1-5-17-13-24-20(28-17)7-8-23-21(22-6-2)25-12-16-11-19-15(9-14(3)27-19)10-18(16)26-4;/h10-11,13-14H,5-9,12H2,1-4H3,(H2,22,23,25);1H. The first-order valence-electron chi connectivity index (χ1n) is 9.95. The minimum atomic E-state index is 0. The Morgan fingerprint density at radius 2 is 2.17 bits per heavy atom. The molecule has 1 aliphatic rings. The summed E-state index contributed by atoms with van der Waals surface area (Å²) in [6, 6.07) is 4.14. The van der Waals surface area contributed by atoms with Crippen LogP contribution < -0.4 is 20.1 Å². The molecule has 2 N–H and O–H groups in total. The highest BCUT2D eigenvalue weighted by Gasteiger charge is 2.21. The van der Waals surface area contributed by atoms with Crippen LogP contribution in [0.2, 0.25) is 0 Å². The van der Waals surface area contributed by atoms with Crippen molar-refractivity contribution >= 4 is 41.3 Å². The van der Waals surface area contributed by atoms with Gasteiger partial charge in [0.05, 0.1) is 18.7 Å². The number of nitrogens with one attached hydrogen (secondary N) is 2. The molecule has 6 nitrogen and oxygen atoms in total. The molecule has 0 saturated carbocycles. The molecule has 29 heavy (non-hydrogen) atoms. The topological polar surface area (TPSA) is 67.8 Å². The lowest BCUT2D eigenvalue weighted by atomic mass is 10.1. The van der Waals surface area contributed by atoms with Gasteiger partial charge in [0.2, 0.25) is 0 Å². The third-order valence-corrected chi connectivity index (χ3v) is 5.83. The molecule has 0 fully saturated rings. The van der Waals surface area contributed by atoms with Crippen LogP contribution in [0.4, 0.5) is 0 Å². The lowest BCUT2D eigenvalue weighted by Crippen LogP contribution is -2.38. The van der Waals surface area contributed by atoms with E-state index in [2.05, 4.69) is 48.5 Å². The lowest BCUT2D eigenvalue weighted by Gasteiger charge is -2.13. The molecule has 0 amide bonds. The van der Waals surface area contributed by atoms with Gasteiger partial charge in [-0.2, -0.15) is 0 Å². The molecular weight excluding hydrogens is 499 g/mol. The van der Waals surface area contributed by atoms with Crippen LogP contribution in [0.5, 0.6) is 11.5 Å². The van der Waals surface area contributed by atoms with E-state index in [-0.39, 0.29) is 30.1 Å². The van der Waals surface area contributed by atoms with Gasteiger partial charge in [0, 0.05) is 48.1 Å². The number of benzene rings is 1. The maximum absolute atomic E-state index is 5.89. The molecule has 160 valence electrons. The van der Waals surface area contributed by atoms with Gasteiger partial charge in [-0.25, -0.2) is 9.98 Å². The van der Waals surface area contributed by atoms with E-state index in [4.69, 9.17) is 14.5 Å². The summed E-state index contributed by atoms with van der Waals surface area (Å²) >= 11 is 1.78. The number of aryl methyl sites for hydroxylation is 1. The number of aliphatic imine (C=N–C) groups is 1. The first-order valence-corrected chi connectivity index (χ1v) is 10.8. The number of rotatable bonds is 8. The molecule has 2 heterocycles. The molecule has 3 rings (SSSR count). The fraction of sp³-hybridized carbons (Fsp3) is 0.524. The largest absolute Gasteiger partial charge is 0.496 e. The SMILES string of the molecule is CCNC(=NCc1cc2c(cc1OC)CC(C)O2)NCCc1ncc(CC)s1.I. The van der Waals surface area contributed by atoms with Crippen LogP contribution in [0.1, 0.15) is 41.8 Å². The smallest absolute Gasteiger partial charge is 0.191 e. The molecule has 1 unspecified atom stereocenters. The quantitative estimate of drug-likeness (QED) is 0.308. The van der Waals surface area contributed by atoms with Gasteiger partial charge in [-0.15, -0.1) is 35.3 Å². The summed E-state index contributed by atoms with van der Waals surface area (Å²) in [6.07, 6.45) is 5.05. The molecule has 1 aromatic heterocycles. The fourth-order valence-electron chi connectivity index (χ4n) is 3.22. The van der Waals surface area contributed by atoms with E-state index in [1.165, 1.54) is 10.4 Å². The Balaban J connectivity index is 0.00000300. The summed E-state index contributed by atoms with van der Waals surface area (Å²) in [5, 5.41) is 7.86. The Morgan fingerprint density at radius 1 is 1.34 bits per heavy atom. The number of aromatic nitrogens is 1. The highest BCUT2D eigenvalue weighted by molar-refractivity contribution is 14.0. The van der Waals surface area contributed by atoms with Crippen LogP contribution in [-0.4, -0.2) is 37.2 Å². The Labute approximate surface area is 194 Å². The van der Waals surface area contributed by atoms with E-state index in [9.17, 15) is 0 Å². The molecule has 0 spiro atoms. The first kappa shape index (κ1) is 23.7. The normalized spacial score (nSPS) is 15.3. The van der Waals surface area contributed by atoms with E-state index < -0.39 is 0 Å². The predicted octanol–water partition coefficient (Wildman–Crippen LogP) is 3.95. The van der Waals surface area contributed by atoms with Crippen molar-refractivity contribution in [2.24, 2.45) is 4.99 Å². The van der Waals surface area contributed by atoms with Gasteiger partial charge in [-0.3, -0.25) is 0 Å². The van der Waals surface area contributed by atoms with E-state index in [1.54, 1.807) is 18.4 Å². The zero-order valence-electron chi connectivity index (χ0n) is 17.6. The number of nitrogens with zero attached hydrogens (tertiary/aromatic N) is 2. The van der Waals surface area contributed by atoms with Gasteiger partial charge in [-0.1, -0.05) is 6.92 Å². The van der Waals surface area contributed by atoms with Gasteiger partial charge in [0.15, 0.2) is 5.96 Å². The minimum Gasteiger partial charge on any atom is -0.496 e. The van der Waals surface area contributed by atoms with Crippen molar-refractivity contribution in [2.75, 3.05) is 20.2 Å². The highest BCUT2D eigenvalue weighted by Crippen LogP contribution is 2.35. The second kappa shape index (κ2) is 11.6. The Morgan fingerprint density at radius 3 is 2.86 bits per heavy atom. The number of fused-ring (bicyclic) bond motifs is 1. The van der Waals surface area contributed by atoms with Gasteiger partial charge >= 0.3 is 0 Å². The van der Waals surface area contributed by atoms with Crippen molar-refractivity contribution in [3.8, 4) is 11.5 Å². The summed E-state index contributed by atoms with van der Waals surface area (Å²) in [5.74, 6) is 2.62. The zero-order valence-corrected chi connectivity index (χ0v) is 20.7. The van der Waals surface area contributed by atoms with Gasteiger partial charge in [0.25, 0.3) is 0 Å². The Bertz CT molecular complexity index is 825. The summed E-state index contributed by atoms with van der Waals surface area (Å²) in [7, 11) is 1.70. The Hall–Kier alpha value is -1.55. The third-order valence-electron chi connectivity index (χ3n) is 4.63. The fourth-order valence-corrected chi connectivity index (χ4v) is 4.08. The molecule has 8 heteroatoms. The van der Waals surface area contributed by atoms with Gasteiger partial charge in [0.1, 0.15) is 17.6 Å². The van der Waals surface area contributed by atoms with Gasteiger partial charge in [-0.05, 0) is 32.4 Å². The van der Waals surface area contributed by atoms with E-state index in [0.717, 1.165) is 60.4 Å². The van der Waals surface area contributed by atoms with E-state index >= 15 is 0 Å². The predicted molar refractivity (Wildman–Crippen MR) is 130 cm³/mol. The summed E-state index contributed by atoms with van der Waals surface area (Å²) in [6.45, 7) is 8.45. The van der Waals surface area contributed by atoms with Crippen molar-refractivity contribution in [2.45, 2.75) is 52.7 Å². The molecule has 1 aliphatic heterocycles. The lowest BCUT2D eigenvalue weighted by molar-refractivity contribution is 0.254. The second-order valence-corrected chi connectivity index (χ2v) is 8.05. The van der Waals surface area contributed by atoms with Crippen LogP contribution in [0.15, 0.2) is 23.3 Å². The second-order valence-electron chi connectivity index (χ2n) is 6.85. The average Bonchev–Trinajstić information content (AvgIpc) is 3.30. The average molecular weight is 530 g/mol. The number of methoxy groups -OCH3 is 1. The maximum atomic E-state index is 5.89. The number of guanidine groups is 1. The molecule has 0 bridgehead atoms. The number of hydrogen-bond acceptors (Lipinski definition) is 5. The minimum absolute atomic E-state index is 0. The number of ether oxygens (including phenoxy) is 2. The number of hydrogen-bond donors (Lipinski definition) is 2. The Kier molecular flexibility index (Phi) is 9.48. The first-order chi connectivity index (χ1) is 13.6. The molecule has 0 radical (unpaired) electrons. The van der Waals surface area contributed by atoms with Crippen LogP contribution in [0.25, 0.3) is 0 Å². The summed E-state index contributed by atoms with van der Waals surface area (Å²) in [4.78, 5) is 10.5. The molecular formula is C21H31IN4O2S. The summed E-state index contributed by atoms with van der Waals surface area (Å²) in [5.41, 5.74) is 2.23. The maximum Gasteiger partial charge on any atom is 0.191 e. The molecule has 0 saturated heterocycles. The van der Waals surface area contributed by atoms with Crippen LogP contribution in [0, 0.1) is 0 Å². The van der Waals surface area contributed by atoms with Crippen LogP contribution in [0.3, 0.4) is 0 Å². The number of halogens is 1.